The Morgan fingerprint density at radius 3 is 2.24 bits per heavy atom. The highest BCUT2D eigenvalue weighted by atomic mass is 16.6. The second-order valence-corrected chi connectivity index (χ2v) is 9.07. The summed E-state index contributed by atoms with van der Waals surface area (Å²) in [4.78, 5) is 39.0. The predicted octanol–water partition coefficient (Wildman–Crippen LogP) is 3.48. The van der Waals surface area contributed by atoms with Gasteiger partial charge in [0.25, 0.3) is 0 Å². The second-order valence-electron chi connectivity index (χ2n) is 9.07. The fraction of sp³-hybridized carbons (Fsp3) is 0.321. The topological polar surface area (TPSA) is 125 Å². The Bertz CT molecular complexity index is 1240. The first-order chi connectivity index (χ1) is 17.7. The Balaban J connectivity index is 1.92. The van der Waals surface area contributed by atoms with E-state index in [0.29, 0.717) is 5.75 Å². The molecule has 9 heteroatoms. The maximum Gasteiger partial charge on any atom is 0.334 e. The van der Waals surface area contributed by atoms with Gasteiger partial charge in [0.15, 0.2) is 17.6 Å². The molecule has 0 aliphatic rings. The zero-order chi connectivity index (χ0) is 26.9. The van der Waals surface area contributed by atoms with Crippen molar-refractivity contribution in [1.82, 2.24) is 10.2 Å². The van der Waals surface area contributed by atoms with Gasteiger partial charge in [0, 0.05) is 13.0 Å². The average molecular weight is 509 g/mol. The highest BCUT2D eigenvalue weighted by molar-refractivity contribution is 5.89. The monoisotopic (exact) mass is 508 g/mol. The van der Waals surface area contributed by atoms with E-state index >= 15 is 0 Å². The number of carbonyl (C=O) groups is 3. The molecule has 0 saturated carbocycles. The van der Waals surface area contributed by atoms with Crippen molar-refractivity contribution in [2.45, 2.75) is 32.4 Å². The van der Waals surface area contributed by atoms with E-state index in [4.69, 9.17) is 14.6 Å². The Morgan fingerprint density at radius 2 is 1.57 bits per heavy atom. The summed E-state index contributed by atoms with van der Waals surface area (Å²) in [5, 5.41) is 23.6. The zero-order valence-corrected chi connectivity index (χ0v) is 21.1. The van der Waals surface area contributed by atoms with E-state index < -0.39 is 36.7 Å². The molecule has 0 saturated heterocycles. The molecule has 0 bridgehead atoms. The van der Waals surface area contributed by atoms with Crippen LogP contribution in [0.25, 0.3) is 10.8 Å². The smallest absolute Gasteiger partial charge is 0.334 e. The Kier molecular flexibility index (Phi) is 9.45. The van der Waals surface area contributed by atoms with Crippen LogP contribution in [-0.2, 0) is 16.0 Å². The fourth-order valence-corrected chi connectivity index (χ4v) is 3.97. The third kappa shape index (κ3) is 7.44. The quantitative estimate of drug-likeness (QED) is 0.267. The number of hydrogen-bond acceptors (Lipinski definition) is 6. The first-order valence-corrected chi connectivity index (χ1v) is 12.0. The van der Waals surface area contributed by atoms with Crippen molar-refractivity contribution in [3.8, 4) is 11.5 Å². The largest absolute Gasteiger partial charge is 0.493 e. The molecular formula is C28H32N2O7. The van der Waals surface area contributed by atoms with Gasteiger partial charge in [-0.15, -0.1) is 0 Å². The van der Waals surface area contributed by atoms with E-state index in [1.54, 1.807) is 24.3 Å². The van der Waals surface area contributed by atoms with Crippen LogP contribution in [0.4, 0.5) is 4.79 Å². The van der Waals surface area contributed by atoms with Crippen molar-refractivity contribution in [3.63, 3.8) is 0 Å². The fourth-order valence-electron chi connectivity index (χ4n) is 3.97. The Morgan fingerprint density at radius 1 is 0.919 bits per heavy atom. The van der Waals surface area contributed by atoms with Crippen LogP contribution in [0.5, 0.6) is 11.5 Å². The molecule has 2 amide bonds. The summed E-state index contributed by atoms with van der Waals surface area (Å²) in [7, 11) is 1.46. The lowest BCUT2D eigenvalue weighted by molar-refractivity contribution is -0.147. The normalized spacial score (nSPS) is 12.6. The van der Waals surface area contributed by atoms with Gasteiger partial charge in [0.1, 0.15) is 6.04 Å². The number of nitrogens with zero attached hydrogens (tertiary/aromatic N) is 1. The molecule has 196 valence electrons. The summed E-state index contributed by atoms with van der Waals surface area (Å²) >= 11 is 0. The van der Waals surface area contributed by atoms with E-state index in [-0.39, 0.29) is 24.6 Å². The van der Waals surface area contributed by atoms with Gasteiger partial charge in [0.2, 0.25) is 0 Å². The number of carbonyl (C=O) groups excluding carboxylic acids is 2. The van der Waals surface area contributed by atoms with Crippen molar-refractivity contribution in [1.29, 1.82) is 0 Å². The molecule has 37 heavy (non-hydrogen) atoms. The van der Waals surface area contributed by atoms with Crippen LogP contribution < -0.4 is 14.8 Å². The average Bonchev–Trinajstić information content (AvgIpc) is 2.87. The summed E-state index contributed by atoms with van der Waals surface area (Å²) in [6.07, 6.45) is -1.64. The number of ether oxygens (including phenoxy) is 2. The molecule has 0 heterocycles. The molecule has 3 rings (SSSR count). The number of carboxylic acids is 1. The first-order valence-electron chi connectivity index (χ1n) is 12.0. The van der Waals surface area contributed by atoms with Crippen molar-refractivity contribution in [3.05, 3.63) is 72.3 Å². The lowest BCUT2D eigenvalue weighted by Crippen LogP contribution is -2.53. The SMILES string of the molecule is COc1ccccc1OC(=O)C(Cc1cccc2ccccc12)NC(=O)N(CC(C)C)CC(O)C(=O)O. The zero-order valence-electron chi connectivity index (χ0n) is 21.1. The van der Waals surface area contributed by atoms with Crippen LogP contribution in [0.2, 0.25) is 0 Å². The number of urea groups is 1. The van der Waals surface area contributed by atoms with E-state index in [1.807, 2.05) is 56.3 Å². The summed E-state index contributed by atoms with van der Waals surface area (Å²) in [5.74, 6) is -1.60. The molecule has 3 aromatic carbocycles. The van der Waals surface area contributed by atoms with Gasteiger partial charge < -0.3 is 29.9 Å². The summed E-state index contributed by atoms with van der Waals surface area (Å²) in [6.45, 7) is 3.47. The molecular weight excluding hydrogens is 476 g/mol. The number of aliphatic carboxylic acids is 1. The number of para-hydroxylation sites is 2. The Hall–Kier alpha value is -4.11. The first kappa shape index (κ1) is 27.5. The molecule has 0 aliphatic heterocycles. The van der Waals surface area contributed by atoms with Crippen LogP contribution in [0, 0.1) is 5.92 Å². The van der Waals surface area contributed by atoms with Crippen LogP contribution in [0.15, 0.2) is 66.7 Å². The van der Waals surface area contributed by atoms with Gasteiger partial charge in [-0.1, -0.05) is 68.4 Å². The number of rotatable bonds is 11. The predicted molar refractivity (Wildman–Crippen MR) is 139 cm³/mol. The number of esters is 1. The van der Waals surface area contributed by atoms with Crippen LogP contribution in [0.3, 0.4) is 0 Å². The van der Waals surface area contributed by atoms with E-state index in [2.05, 4.69) is 5.32 Å². The van der Waals surface area contributed by atoms with Gasteiger partial charge >= 0.3 is 18.0 Å². The maximum atomic E-state index is 13.4. The summed E-state index contributed by atoms with van der Waals surface area (Å²) in [5.41, 5.74) is 0.821. The highest BCUT2D eigenvalue weighted by Crippen LogP contribution is 2.27. The molecule has 9 nitrogen and oxygen atoms in total. The number of nitrogens with one attached hydrogen (secondary N) is 1. The minimum atomic E-state index is -1.76. The van der Waals surface area contributed by atoms with Crippen LogP contribution in [-0.4, -0.2) is 65.4 Å². The third-order valence-electron chi connectivity index (χ3n) is 5.72. The number of carboxylic acid groups (broad SMARTS) is 1. The molecule has 0 spiro atoms. The van der Waals surface area contributed by atoms with E-state index in [1.165, 1.54) is 12.0 Å². The van der Waals surface area contributed by atoms with E-state index in [0.717, 1.165) is 16.3 Å². The summed E-state index contributed by atoms with van der Waals surface area (Å²) < 4.78 is 10.9. The molecule has 2 atom stereocenters. The molecule has 0 aliphatic carbocycles. The molecule has 0 radical (unpaired) electrons. The minimum Gasteiger partial charge on any atom is -0.493 e. The molecule has 0 aromatic heterocycles. The van der Waals surface area contributed by atoms with Crippen molar-refractivity contribution in [2.75, 3.05) is 20.2 Å². The minimum absolute atomic E-state index is 0.0104. The van der Waals surface area contributed by atoms with Crippen molar-refractivity contribution in [2.24, 2.45) is 5.92 Å². The van der Waals surface area contributed by atoms with Crippen LogP contribution in [0.1, 0.15) is 19.4 Å². The molecule has 2 unspecified atom stereocenters. The number of amides is 2. The number of aliphatic hydroxyl groups excluding tert-OH is 1. The number of benzene rings is 3. The van der Waals surface area contributed by atoms with Gasteiger partial charge in [-0.25, -0.2) is 14.4 Å². The lowest BCUT2D eigenvalue weighted by atomic mass is 9.99. The molecule has 3 aromatic rings. The second kappa shape index (κ2) is 12.7. The van der Waals surface area contributed by atoms with Gasteiger partial charge in [-0.3, -0.25) is 0 Å². The standard InChI is InChI=1S/C28H32N2O7/c1-18(2)16-30(17-23(31)26(32)33)28(35)29-22(27(34)37-25-14-7-6-13-24(25)36-3)15-20-11-8-10-19-9-4-5-12-21(19)20/h4-14,18,22-23,31H,15-17H2,1-3H3,(H,29,35)(H,32,33). The lowest BCUT2D eigenvalue weighted by Gasteiger charge is -2.28. The van der Waals surface area contributed by atoms with Crippen molar-refractivity contribution >= 4 is 28.7 Å². The maximum absolute atomic E-state index is 13.4. The van der Waals surface area contributed by atoms with Crippen molar-refractivity contribution < 1.29 is 34.1 Å². The van der Waals surface area contributed by atoms with Gasteiger partial charge in [-0.2, -0.15) is 0 Å². The number of fused-ring (bicyclic) bond motifs is 1. The van der Waals surface area contributed by atoms with Gasteiger partial charge in [-0.05, 0) is 34.4 Å². The highest BCUT2D eigenvalue weighted by Gasteiger charge is 2.29. The van der Waals surface area contributed by atoms with Gasteiger partial charge in [0.05, 0.1) is 13.7 Å². The number of methoxy groups -OCH3 is 1. The third-order valence-corrected chi connectivity index (χ3v) is 5.72. The van der Waals surface area contributed by atoms with Crippen LogP contribution >= 0.6 is 0 Å². The molecule has 3 N–H and O–H groups in total. The number of aliphatic hydroxyl groups is 1. The molecule has 0 fully saturated rings. The number of hydrogen-bond donors (Lipinski definition) is 3. The Labute approximate surface area is 215 Å². The van der Waals surface area contributed by atoms with E-state index in [9.17, 15) is 19.5 Å². The summed E-state index contributed by atoms with van der Waals surface area (Å²) in [6, 6.07) is 18.3.